The molecule has 0 radical (unpaired) electrons. The summed E-state index contributed by atoms with van der Waals surface area (Å²) in [6, 6.07) is 6.23. The Balaban J connectivity index is 2.74. The average Bonchev–Trinajstić information content (AvgIpc) is 2.56. The fraction of sp³-hybridized carbons (Fsp3) is 0.500. The van der Waals surface area contributed by atoms with Gasteiger partial charge in [0.25, 0.3) is 0 Å². The minimum Gasteiger partial charge on any atom is -0.356 e. The van der Waals surface area contributed by atoms with Gasteiger partial charge >= 0.3 is 0 Å². The maximum atomic E-state index is 11.7. The van der Waals surface area contributed by atoms with Crippen LogP contribution in [0, 0.1) is 0 Å². The zero-order valence-corrected chi connectivity index (χ0v) is 15.8. The van der Waals surface area contributed by atoms with E-state index >= 15 is 0 Å². The lowest BCUT2D eigenvalue weighted by molar-refractivity contribution is -0.127. The first-order chi connectivity index (χ1) is 11.7. The van der Waals surface area contributed by atoms with E-state index in [1.54, 1.807) is 26.2 Å². The van der Waals surface area contributed by atoms with Crippen LogP contribution in [0.25, 0.3) is 0 Å². The Bertz CT molecular complexity index is 684. The minimum atomic E-state index is -3.69. The lowest BCUT2D eigenvalue weighted by Gasteiger charge is -2.15. The number of aliphatic imine (C=N–C) groups is 1. The molecule has 0 aliphatic carbocycles. The van der Waals surface area contributed by atoms with E-state index in [1.807, 2.05) is 0 Å². The molecule has 0 saturated carbocycles. The molecule has 0 unspecified atom stereocenters. The van der Waals surface area contributed by atoms with E-state index in [2.05, 4.69) is 22.5 Å². The van der Waals surface area contributed by atoms with E-state index < -0.39 is 10.0 Å². The van der Waals surface area contributed by atoms with Gasteiger partial charge in [-0.2, -0.15) is 0 Å². The molecule has 25 heavy (non-hydrogen) atoms. The van der Waals surface area contributed by atoms with Crippen LogP contribution in [0.3, 0.4) is 0 Å². The third-order valence-electron chi connectivity index (χ3n) is 3.40. The van der Waals surface area contributed by atoms with Crippen molar-refractivity contribution in [2.45, 2.75) is 31.2 Å². The molecule has 8 nitrogen and oxygen atoms in total. The number of hydrogen-bond donors (Lipinski definition) is 3. The number of benzene rings is 1. The lowest BCUT2D eigenvalue weighted by atomic mass is 10.2. The summed E-state index contributed by atoms with van der Waals surface area (Å²) in [6.07, 6.45) is 2.04. The SMILES string of the molecule is CCCCNC(=NCc1ccc(S(N)(=O)=O)cc1)NCC(=O)N(C)C. The predicted octanol–water partition coefficient (Wildman–Crippen LogP) is 0.258. The van der Waals surface area contributed by atoms with E-state index in [0.29, 0.717) is 12.5 Å². The van der Waals surface area contributed by atoms with Crippen LogP contribution in [-0.2, 0) is 21.4 Å². The molecule has 0 atom stereocenters. The van der Waals surface area contributed by atoms with Crippen molar-refractivity contribution in [1.82, 2.24) is 15.5 Å². The van der Waals surface area contributed by atoms with Crippen LogP contribution in [0.4, 0.5) is 0 Å². The number of unbranched alkanes of at least 4 members (excludes halogenated alkanes) is 1. The summed E-state index contributed by atoms with van der Waals surface area (Å²) in [4.78, 5) is 17.7. The molecule has 0 aliphatic rings. The van der Waals surface area contributed by atoms with Gasteiger partial charge in [-0.1, -0.05) is 25.5 Å². The molecule has 1 rings (SSSR count). The van der Waals surface area contributed by atoms with Crippen molar-refractivity contribution in [3.63, 3.8) is 0 Å². The van der Waals surface area contributed by atoms with Crippen LogP contribution in [0.15, 0.2) is 34.2 Å². The highest BCUT2D eigenvalue weighted by atomic mass is 32.2. The Labute approximate surface area is 149 Å². The van der Waals surface area contributed by atoms with Gasteiger partial charge in [0, 0.05) is 20.6 Å². The van der Waals surface area contributed by atoms with Crippen LogP contribution >= 0.6 is 0 Å². The van der Waals surface area contributed by atoms with Crippen molar-refractivity contribution in [3.05, 3.63) is 29.8 Å². The Hall–Kier alpha value is -2.13. The van der Waals surface area contributed by atoms with Gasteiger partial charge < -0.3 is 15.5 Å². The number of rotatable bonds is 8. The van der Waals surface area contributed by atoms with Gasteiger partial charge in [-0.3, -0.25) is 4.79 Å². The first-order valence-corrected chi connectivity index (χ1v) is 9.62. The number of amides is 1. The third-order valence-corrected chi connectivity index (χ3v) is 4.33. The molecule has 0 bridgehead atoms. The highest BCUT2D eigenvalue weighted by molar-refractivity contribution is 7.89. The van der Waals surface area contributed by atoms with Gasteiger partial charge in [0.1, 0.15) is 0 Å². The smallest absolute Gasteiger partial charge is 0.241 e. The molecular formula is C16H27N5O3S. The number of carbonyl (C=O) groups excluding carboxylic acids is 1. The zero-order valence-electron chi connectivity index (χ0n) is 14.9. The number of primary sulfonamides is 1. The second kappa shape index (κ2) is 10.00. The molecule has 9 heteroatoms. The summed E-state index contributed by atoms with van der Waals surface area (Å²) in [6.45, 7) is 3.34. The van der Waals surface area contributed by atoms with E-state index in [0.717, 1.165) is 24.9 Å². The van der Waals surface area contributed by atoms with Gasteiger partial charge in [-0.25, -0.2) is 18.5 Å². The average molecular weight is 369 g/mol. The summed E-state index contributed by atoms with van der Waals surface area (Å²) in [5.41, 5.74) is 0.836. The lowest BCUT2D eigenvalue weighted by Crippen LogP contribution is -2.43. The van der Waals surface area contributed by atoms with Crippen LogP contribution < -0.4 is 15.8 Å². The van der Waals surface area contributed by atoms with Crippen LogP contribution in [-0.4, -0.2) is 52.4 Å². The number of likely N-dealkylation sites (N-methyl/N-ethyl adjacent to an activating group) is 1. The number of guanidine groups is 1. The summed E-state index contributed by atoms with van der Waals surface area (Å²) >= 11 is 0. The highest BCUT2D eigenvalue weighted by Crippen LogP contribution is 2.09. The molecule has 1 aromatic rings. The number of nitrogens with zero attached hydrogens (tertiary/aromatic N) is 2. The first kappa shape index (κ1) is 20.9. The van der Waals surface area contributed by atoms with Gasteiger partial charge in [0.05, 0.1) is 18.0 Å². The van der Waals surface area contributed by atoms with Crippen molar-refractivity contribution in [2.24, 2.45) is 10.1 Å². The molecule has 4 N–H and O–H groups in total. The fourth-order valence-electron chi connectivity index (χ4n) is 1.83. The van der Waals surface area contributed by atoms with Crippen molar-refractivity contribution < 1.29 is 13.2 Å². The molecule has 0 aromatic heterocycles. The number of hydrogen-bond acceptors (Lipinski definition) is 4. The fourth-order valence-corrected chi connectivity index (χ4v) is 2.35. The molecule has 140 valence electrons. The Morgan fingerprint density at radius 1 is 1.20 bits per heavy atom. The van der Waals surface area contributed by atoms with Crippen LogP contribution in [0.5, 0.6) is 0 Å². The van der Waals surface area contributed by atoms with Gasteiger partial charge in [-0.15, -0.1) is 0 Å². The largest absolute Gasteiger partial charge is 0.356 e. The maximum absolute atomic E-state index is 11.7. The van der Waals surface area contributed by atoms with E-state index in [9.17, 15) is 13.2 Å². The number of nitrogens with two attached hydrogens (primary N) is 1. The summed E-state index contributed by atoms with van der Waals surface area (Å²) in [5, 5.41) is 11.2. The van der Waals surface area contributed by atoms with Gasteiger partial charge in [0.15, 0.2) is 5.96 Å². The summed E-state index contributed by atoms with van der Waals surface area (Å²) < 4.78 is 22.5. The second-order valence-electron chi connectivity index (χ2n) is 5.78. The normalized spacial score (nSPS) is 11.9. The van der Waals surface area contributed by atoms with Gasteiger partial charge in [-0.05, 0) is 24.1 Å². The van der Waals surface area contributed by atoms with Crippen LogP contribution in [0.1, 0.15) is 25.3 Å². The summed E-state index contributed by atoms with van der Waals surface area (Å²) in [5.74, 6) is 0.488. The van der Waals surface area contributed by atoms with E-state index in [1.165, 1.54) is 17.0 Å². The molecule has 0 fully saturated rings. The topological polar surface area (TPSA) is 117 Å². The monoisotopic (exact) mass is 369 g/mol. The molecule has 0 aliphatic heterocycles. The maximum Gasteiger partial charge on any atom is 0.241 e. The van der Waals surface area contributed by atoms with Crippen LogP contribution in [0.2, 0.25) is 0 Å². The van der Waals surface area contributed by atoms with Crippen molar-refractivity contribution in [3.8, 4) is 0 Å². The third kappa shape index (κ3) is 7.99. The van der Waals surface area contributed by atoms with Crippen molar-refractivity contribution >= 4 is 21.9 Å². The quantitative estimate of drug-likeness (QED) is 0.345. The Kier molecular flexibility index (Phi) is 8.36. The molecular weight excluding hydrogens is 342 g/mol. The zero-order chi connectivity index (χ0) is 18.9. The Morgan fingerprint density at radius 2 is 1.84 bits per heavy atom. The Morgan fingerprint density at radius 3 is 2.36 bits per heavy atom. The second-order valence-corrected chi connectivity index (χ2v) is 7.34. The molecule has 0 saturated heterocycles. The summed E-state index contributed by atoms with van der Waals surface area (Å²) in [7, 11) is -0.309. The minimum absolute atomic E-state index is 0.0532. The number of sulfonamides is 1. The predicted molar refractivity (Wildman–Crippen MR) is 98.6 cm³/mol. The molecule has 0 spiro atoms. The van der Waals surface area contributed by atoms with Crippen molar-refractivity contribution in [1.29, 1.82) is 0 Å². The number of nitrogens with one attached hydrogen (secondary N) is 2. The van der Waals surface area contributed by atoms with Gasteiger partial charge in [0.2, 0.25) is 15.9 Å². The first-order valence-electron chi connectivity index (χ1n) is 8.08. The molecule has 0 heterocycles. The standard InChI is InChI=1S/C16H27N5O3S/c1-4-5-10-18-16(20-12-15(22)21(2)3)19-11-13-6-8-14(9-7-13)25(17,23)24/h6-9H,4-5,10-12H2,1-3H3,(H2,17,23,24)(H2,18,19,20). The number of carbonyl (C=O) groups is 1. The highest BCUT2D eigenvalue weighted by Gasteiger charge is 2.08. The van der Waals surface area contributed by atoms with E-state index in [4.69, 9.17) is 5.14 Å². The molecule has 1 aromatic carbocycles. The molecule has 1 amide bonds. The van der Waals surface area contributed by atoms with Crippen molar-refractivity contribution in [2.75, 3.05) is 27.2 Å². The van der Waals surface area contributed by atoms with E-state index in [-0.39, 0.29) is 17.3 Å².